The Labute approximate surface area is 104 Å². The number of ketones is 1. The van der Waals surface area contributed by atoms with E-state index in [0.29, 0.717) is 6.42 Å². The summed E-state index contributed by atoms with van der Waals surface area (Å²) in [4.78, 5) is 17.6. The second kappa shape index (κ2) is 4.79. The molecule has 0 aromatic carbocycles. The lowest BCUT2D eigenvalue weighted by molar-refractivity contribution is -0.134. The van der Waals surface area contributed by atoms with Crippen LogP contribution in [0.2, 0.25) is 0 Å². The number of hydrogen-bond donors (Lipinski definition) is 0. The van der Waals surface area contributed by atoms with Crippen molar-refractivity contribution in [2.45, 2.75) is 65.4 Å². The first kappa shape index (κ1) is 12.6. The van der Waals surface area contributed by atoms with Crippen molar-refractivity contribution in [1.82, 2.24) is 0 Å². The van der Waals surface area contributed by atoms with Gasteiger partial charge in [-0.15, -0.1) is 0 Å². The average molecular weight is 237 g/mol. The van der Waals surface area contributed by atoms with E-state index in [1.54, 1.807) is 0 Å². The van der Waals surface area contributed by atoms with Crippen LogP contribution in [0.3, 0.4) is 0 Å². The molecule has 0 saturated heterocycles. The van der Waals surface area contributed by atoms with Crippen LogP contribution in [0.15, 0.2) is 5.16 Å². The molecule has 1 fully saturated rings. The molecule has 0 bridgehead atoms. The third kappa shape index (κ3) is 2.88. The molecule has 1 aliphatic carbocycles. The molecule has 0 spiro atoms. The van der Waals surface area contributed by atoms with Gasteiger partial charge in [-0.2, -0.15) is 0 Å². The second-order valence-electron chi connectivity index (χ2n) is 6.32. The first-order valence-electron chi connectivity index (χ1n) is 6.75. The van der Waals surface area contributed by atoms with E-state index >= 15 is 0 Å². The lowest BCUT2D eigenvalue weighted by Crippen LogP contribution is -2.31. The highest BCUT2D eigenvalue weighted by atomic mass is 16.6. The summed E-state index contributed by atoms with van der Waals surface area (Å²) in [5.41, 5.74) is 1.04. The Kier molecular flexibility index (Phi) is 3.55. The van der Waals surface area contributed by atoms with Crippen LogP contribution in [-0.2, 0) is 9.63 Å². The van der Waals surface area contributed by atoms with Crippen LogP contribution in [0.5, 0.6) is 0 Å². The summed E-state index contributed by atoms with van der Waals surface area (Å²) < 4.78 is 0. The van der Waals surface area contributed by atoms with E-state index in [4.69, 9.17) is 4.84 Å². The van der Waals surface area contributed by atoms with Crippen LogP contribution in [-0.4, -0.2) is 17.6 Å². The summed E-state index contributed by atoms with van der Waals surface area (Å²) >= 11 is 0. The van der Waals surface area contributed by atoms with Crippen molar-refractivity contribution in [3.05, 3.63) is 0 Å². The molecule has 0 aromatic heterocycles. The number of hydrogen-bond acceptors (Lipinski definition) is 3. The van der Waals surface area contributed by atoms with Crippen LogP contribution in [0.25, 0.3) is 0 Å². The molecule has 3 nitrogen and oxygen atoms in total. The van der Waals surface area contributed by atoms with Gasteiger partial charge in [-0.25, -0.2) is 0 Å². The maximum absolute atomic E-state index is 12.3. The summed E-state index contributed by atoms with van der Waals surface area (Å²) in [6, 6.07) is 0. The monoisotopic (exact) mass is 237 g/mol. The van der Waals surface area contributed by atoms with Gasteiger partial charge in [0.15, 0.2) is 11.9 Å². The average Bonchev–Trinajstić information content (AvgIpc) is 2.78. The second-order valence-corrected chi connectivity index (χ2v) is 6.32. The van der Waals surface area contributed by atoms with E-state index in [1.165, 1.54) is 19.3 Å². The third-order valence-corrected chi connectivity index (χ3v) is 3.86. The van der Waals surface area contributed by atoms with E-state index in [1.807, 2.05) is 0 Å². The van der Waals surface area contributed by atoms with Gasteiger partial charge in [-0.3, -0.25) is 4.79 Å². The number of oxime groups is 1. The van der Waals surface area contributed by atoms with Crippen LogP contribution < -0.4 is 0 Å². The molecular weight excluding hydrogens is 214 g/mol. The van der Waals surface area contributed by atoms with E-state index in [2.05, 4.69) is 25.9 Å². The summed E-state index contributed by atoms with van der Waals surface area (Å²) in [6.45, 7) is 6.34. The van der Waals surface area contributed by atoms with Crippen molar-refractivity contribution in [3.63, 3.8) is 0 Å². The Bertz CT molecular complexity index is 322. The van der Waals surface area contributed by atoms with Crippen molar-refractivity contribution < 1.29 is 9.63 Å². The lowest BCUT2D eigenvalue weighted by Gasteiger charge is -2.22. The van der Waals surface area contributed by atoms with Gasteiger partial charge in [0, 0.05) is 17.8 Å². The van der Waals surface area contributed by atoms with Crippen LogP contribution >= 0.6 is 0 Å². The van der Waals surface area contributed by atoms with Gasteiger partial charge in [-0.05, 0) is 12.8 Å². The molecule has 1 atom stereocenters. The van der Waals surface area contributed by atoms with E-state index in [0.717, 1.165) is 18.6 Å². The molecule has 0 amide bonds. The standard InChI is InChI=1S/C14H23NO2/c1-14(2,3)12-9-11(17-15-12)13(16)10-7-5-4-6-8-10/h10-11H,4-9H2,1-3H3/t11-/m0/s1. The molecule has 0 aromatic rings. The molecule has 1 aliphatic heterocycles. The molecule has 0 radical (unpaired) electrons. The van der Waals surface area contributed by atoms with Crippen LogP contribution in [0, 0.1) is 11.3 Å². The van der Waals surface area contributed by atoms with Gasteiger partial charge in [0.25, 0.3) is 0 Å². The highest BCUT2D eigenvalue weighted by molar-refractivity contribution is 5.97. The molecule has 2 aliphatic rings. The number of rotatable bonds is 2. The van der Waals surface area contributed by atoms with E-state index in [9.17, 15) is 4.79 Å². The fraction of sp³-hybridized carbons (Fsp3) is 0.857. The summed E-state index contributed by atoms with van der Waals surface area (Å²) in [7, 11) is 0. The Balaban J connectivity index is 1.91. The number of Topliss-reactive ketones (excluding diaryl/α,β-unsaturated/α-hetero) is 1. The van der Waals surface area contributed by atoms with Crippen molar-refractivity contribution in [2.75, 3.05) is 0 Å². The van der Waals surface area contributed by atoms with Gasteiger partial charge in [0.1, 0.15) is 0 Å². The fourth-order valence-electron chi connectivity index (χ4n) is 2.62. The zero-order chi connectivity index (χ0) is 12.5. The molecule has 2 rings (SSSR count). The van der Waals surface area contributed by atoms with Crippen LogP contribution in [0.4, 0.5) is 0 Å². The van der Waals surface area contributed by atoms with Crippen molar-refractivity contribution in [1.29, 1.82) is 0 Å². The van der Waals surface area contributed by atoms with Gasteiger partial charge < -0.3 is 4.84 Å². The van der Waals surface area contributed by atoms with Crippen molar-refractivity contribution in [3.8, 4) is 0 Å². The lowest BCUT2D eigenvalue weighted by atomic mass is 9.81. The highest BCUT2D eigenvalue weighted by Gasteiger charge is 2.36. The first-order valence-corrected chi connectivity index (χ1v) is 6.75. The van der Waals surface area contributed by atoms with Crippen molar-refractivity contribution >= 4 is 11.5 Å². The smallest absolute Gasteiger partial charge is 0.190 e. The van der Waals surface area contributed by atoms with Crippen LogP contribution in [0.1, 0.15) is 59.3 Å². The topological polar surface area (TPSA) is 38.7 Å². The maximum Gasteiger partial charge on any atom is 0.190 e. The molecule has 0 unspecified atom stereocenters. The highest BCUT2D eigenvalue weighted by Crippen LogP contribution is 2.31. The molecule has 0 N–H and O–H groups in total. The summed E-state index contributed by atoms with van der Waals surface area (Å²) in [5.74, 6) is 0.510. The number of carbonyl (C=O) groups is 1. The Hall–Kier alpha value is -0.860. The van der Waals surface area contributed by atoms with Gasteiger partial charge in [0.05, 0.1) is 5.71 Å². The third-order valence-electron chi connectivity index (χ3n) is 3.86. The first-order chi connectivity index (χ1) is 7.98. The normalized spacial score (nSPS) is 26.5. The van der Waals surface area contributed by atoms with Gasteiger partial charge in [-0.1, -0.05) is 45.2 Å². The maximum atomic E-state index is 12.3. The minimum atomic E-state index is -0.299. The minimum Gasteiger partial charge on any atom is -0.384 e. The SMILES string of the molecule is CC(C)(C)C1=NO[C@H](C(=O)C2CCCCC2)C1. The Morgan fingerprint density at radius 2 is 1.88 bits per heavy atom. The zero-order valence-corrected chi connectivity index (χ0v) is 11.2. The van der Waals surface area contributed by atoms with Gasteiger partial charge in [0.2, 0.25) is 0 Å². The number of nitrogens with zero attached hydrogens (tertiary/aromatic N) is 1. The van der Waals surface area contributed by atoms with E-state index < -0.39 is 0 Å². The van der Waals surface area contributed by atoms with Gasteiger partial charge >= 0.3 is 0 Å². The molecule has 1 saturated carbocycles. The fourth-order valence-corrected chi connectivity index (χ4v) is 2.62. The largest absolute Gasteiger partial charge is 0.384 e. The Morgan fingerprint density at radius 3 is 2.41 bits per heavy atom. The number of carbonyl (C=O) groups excluding carboxylic acids is 1. The molecular formula is C14H23NO2. The predicted molar refractivity (Wildman–Crippen MR) is 68.0 cm³/mol. The Morgan fingerprint density at radius 1 is 1.24 bits per heavy atom. The van der Waals surface area contributed by atoms with E-state index in [-0.39, 0.29) is 23.2 Å². The molecule has 17 heavy (non-hydrogen) atoms. The zero-order valence-electron chi connectivity index (χ0n) is 11.2. The quantitative estimate of drug-likeness (QED) is 0.739. The molecule has 96 valence electrons. The summed E-state index contributed by atoms with van der Waals surface area (Å²) in [6.07, 6.45) is 6.14. The molecule has 1 heterocycles. The van der Waals surface area contributed by atoms with Crippen molar-refractivity contribution in [2.24, 2.45) is 16.5 Å². The molecule has 3 heteroatoms. The predicted octanol–water partition coefficient (Wildman–Crippen LogP) is 3.33. The summed E-state index contributed by atoms with van der Waals surface area (Å²) in [5, 5.41) is 4.10. The minimum absolute atomic E-state index is 0.0155.